The van der Waals surface area contributed by atoms with Crippen molar-refractivity contribution < 1.29 is 5.11 Å². The fourth-order valence-electron chi connectivity index (χ4n) is 1.54. The summed E-state index contributed by atoms with van der Waals surface area (Å²) in [5.41, 5.74) is 0. The standard InChI is InChI=1S/C9H18OS/c1-4-8-5-9(10)6(2)7(3)11-8/h6-10H,4-5H2,1-3H3/t6-,7+,8+,9-/m0/s1. The van der Waals surface area contributed by atoms with Crippen molar-refractivity contribution >= 4 is 11.8 Å². The maximum absolute atomic E-state index is 9.64. The number of aliphatic hydroxyl groups is 1. The quantitative estimate of drug-likeness (QED) is 0.658. The van der Waals surface area contributed by atoms with E-state index >= 15 is 0 Å². The van der Waals surface area contributed by atoms with Crippen LogP contribution in [0, 0.1) is 5.92 Å². The molecule has 0 radical (unpaired) electrons. The van der Waals surface area contributed by atoms with E-state index < -0.39 is 0 Å². The van der Waals surface area contributed by atoms with Gasteiger partial charge in [0.1, 0.15) is 0 Å². The van der Waals surface area contributed by atoms with Gasteiger partial charge in [0.2, 0.25) is 0 Å². The van der Waals surface area contributed by atoms with Crippen molar-refractivity contribution in [3.05, 3.63) is 0 Å². The third kappa shape index (κ3) is 2.12. The minimum absolute atomic E-state index is 0.0591. The molecule has 0 spiro atoms. The summed E-state index contributed by atoms with van der Waals surface area (Å²) in [6, 6.07) is 0. The molecule has 0 aliphatic carbocycles. The van der Waals surface area contributed by atoms with Gasteiger partial charge in [0.15, 0.2) is 0 Å². The predicted molar refractivity (Wildman–Crippen MR) is 50.9 cm³/mol. The van der Waals surface area contributed by atoms with E-state index in [0.717, 1.165) is 6.42 Å². The first kappa shape index (κ1) is 9.40. The van der Waals surface area contributed by atoms with Crippen LogP contribution in [0.5, 0.6) is 0 Å². The topological polar surface area (TPSA) is 20.2 Å². The molecule has 1 rings (SSSR count). The van der Waals surface area contributed by atoms with Crippen molar-refractivity contribution in [1.29, 1.82) is 0 Å². The molecule has 2 heteroatoms. The zero-order valence-electron chi connectivity index (χ0n) is 7.58. The van der Waals surface area contributed by atoms with E-state index in [2.05, 4.69) is 20.8 Å². The van der Waals surface area contributed by atoms with Crippen LogP contribution in [0.15, 0.2) is 0 Å². The third-order valence-corrected chi connectivity index (χ3v) is 4.48. The Bertz CT molecular complexity index is 115. The Labute approximate surface area is 73.6 Å². The highest BCUT2D eigenvalue weighted by Gasteiger charge is 2.30. The van der Waals surface area contributed by atoms with Gasteiger partial charge in [-0.1, -0.05) is 20.8 Å². The first-order valence-corrected chi connectivity index (χ1v) is 5.43. The molecule has 1 aliphatic heterocycles. The molecule has 1 nitrogen and oxygen atoms in total. The number of hydrogen-bond acceptors (Lipinski definition) is 2. The van der Waals surface area contributed by atoms with Gasteiger partial charge in [-0.15, -0.1) is 0 Å². The summed E-state index contributed by atoms with van der Waals surface area (Å²) in [4.78, 5) is 0. The summed E-state index contributed by atoms with van der Waals surface area (Å²) in [6.07, 6.45) is 2.13. The zero-order chi connectivity index (χ0) is 8.43. The van der Waals surface area contributed by atoms with Gasteiger partial charge in [0, 0.05) is 10.5 Å². The van der Waals surface area contributed by atoms with E-state index in [4.69, 9.17) is 0 Å². The van der Waals surface area contributed by atoms with Crippen LogP contribution >= 0.6 is 11.8 Å². The average Bonchev–Trinajstić information content (AvgIpc) is 1.99. The molecule has 0 saturated carbocycles. The highest BCUT2D eigenvalue weighted by Crippen LogP contribution is 2.36. The number of hydrogen-bond donors (Lipinski definition) is 1. The number of thioether (sulfide) groups is 1. The van der Waals surface area contributed by atoms with Crippen LogP contribution in [-0.4, -0.2) is 21.7 Å². The van der Waals surface area contributed by atoms with E-state index in [1.54, 1.807) is 0 Å². The van der Waals surface area contributed by atoms with Crippen LogP contribution in [0.1, 0.15) is 33.6 Å². The fraction of sp³-hybridized carbons (Fsp3) is 1.00. The van der Waals surface area contributed by atoms with Gasteiger partial charge >= 0.3 is 0 Å². The van der Waals surface area contributed by atoms with E-state index in [1.807, 2.05) is 11.8 Å². The van der Waals surface area contributed by atoms with Gasteiger partial charge in [-0.05, 0) is 18.8 Å². The lowest BCUT2D eigenvalue weighted by Crippen LogP contribution is -2.34. The molecule has 0 unspecified atom stereocenters. The Hall–Kier alpha value is 0.310. The molecule has 0 aromatic heterocycles. The predicted octanol–water partition coefficient (Wildman–Crippen LogP) is 2.29. The van der Waals surface area contributed by atoms with E-state index in [0.29, 0.717) is 16.4 Å². The molecule has 1 saturated heterocycles. The molecule has 0 amide bonds. The molecular formula is C9H18OS. The molecule has 1 aliphatic rings. The second-order valence-electron chi connectivity index (χ2n) is 3.53. The summed E-state index contributed by atoms with van der Waals surface area (Å²) in [5.74, 6) is 0.475. The van der Waals surface area contributed by atoms with Gasteiger partial charge in [0.25, 0.3) is 0 Å². The lowest BCUT2D eigenvalue weighted by atomic mass is 9.96. The second kappa shape index (κ2) is 3.81. The molecule has 0 bridgehead atoms. The summed E-state index contributed by atoms with van der Waals surface area (Å²) < 4.78 is 0. The molecule has 11 heavy (non-hydrogen) atoms. The van der Waals surface area contributed by atoms with Crippen molar-refractivity contribution in [2.45, 2.75) is 50.2 Å². The summed E-state index contributed by atoms with van der Waals surface area (Å²) in [5, 5.41) is 11.0. The third-order valence-electron chi connectivity index (χ3n) is 2.71. The van der Waals surface area contributed by atoms with E-state index in [-0.39, 0.29) is 6.10 Å². The van der Waals surface area contributed by atoms with Crippen molar-refractivity contribution in [1.82, 2.24) is 0 Å². The highest BCUT2D eigenvalue weighted by atomic mass is 32.2. The van der Waals surface area contributed by atoms with Gasteiger partial charge in [-0.25, -0.2) is 0 Å². The molecule has 0 aromatic rings. The normalized spacial score (nSPS) is 45.8. The minimum Gasteiger partial charge on any atom is -0.393 e. The molecule has 4 atom stereocenters. The van der Waals surface area contributed by atoms with Crippen LogP contribution in [0.25, 0.3) is 0 Å². The van der Waals surface area contributed by atoms with Crippen LogP contribution in [0.2, 0.25) is 0 Å². The number of rotatable bonds is 1. The van der Waals surface area contributed by atoms with Gasteiger partial charge in [-0.3, -0.25) is 0 Å². The van der Waals surface area contributed by atoms with E-state index in [9.17, 15) is 5.11 Å². The van der Waals surface area contributed by atoms with Crippen LogP contribution in [0.4, 0.5) is 0 Å². The van der Waals surface area contributed by atoms with Crippen LogP contribution in [-0.2, 0) is 0 Å². The van der Waals surface area contributed by atoms with Crippen molar-refractivity contribution in [3.8, 4) is 0 Å². The largest absolute Gasteiger partial charge is 0.393 e. The molecule has 66 valence electrons. The smallest absolute Gasteiger partial charge is 0.0586 e. The Balaban J connectivity index is 2.47. The summed E-state index contributed by atoms with van der Waals surface area (Å²) >= 11 is 2.04. The van der Waals surface area contributed by atoms with Crippen LogP contribution in [0.3, 0.4) is 0 Å². The molecule has 1 fully saturated rings. The zero-order valence-corrected chi connectivity index (χ0v) is 8.40. The summed E-state index contributed by atoms with van der Waals surface area (Å²) in [6.45, 7) is 6.57. The lowest BCUT2D eigenvalue weighted by molar-refractivity contribution is 0.101. The van der Waals surface area contributed by atoms with Crippen molar-refractivity contribution in [2.75, 3.05) is 0 Å². The Morgan fingerprint density at radius 1 is 1.45 bits per heavy atom. The van der Waals surface area contributed by atoms with Crippen molar-refractivity contribution in [3.63, 3.8) is 0 Å². The van der Waals surface area contributed by atoms with Crippen molar-refractivity contribution in [2.24, 2.45) is 5.92 Å². The Kier molecular flexibility index (Phi) is 3.26. The first-order valence-electron chi connectivity index (χ1n) is 4.48. The van der Waals surface area contributed by atoms with Crippen LogP contribution < -0.4 is 0 Å². The second-order valence-corrected chi connectivity index (χ2v) is 5.22. The molecular weight excluding hydrogens is 156 g/mol. The minimum atomic E-state index is -0.0591. The lowest BCUT2D eigenvalue weighted by Gasteiger charge is -2.35. The maximum atomic E-state index is 9.64. The van der Waals surface area contributed by atoms with Gasteiger partial charge in [0.05, 0.1) is 6.10 Å². The Morgan fingerprint density at radius 2 is 2.09 bits per heavy atom. The average molecular weight is 174 g/mol. The first-order chi connectivity index (χ1) is 5.15. The number of aliphatic hydroxyl groups excluding tert-OH is 1. The SMILES string of the molecule is CC[C@@H]1C[C@H](O)[C@@H](C)[C@@H](C)S1. The Morgan fingerprint density at radius 3 is 2.55 bits per heavy atom. The van der Waals surface area contributed by atoms with Gasteiger partial charge in [-0.2, -0.15) is 11.8 Å². The highest BCUT2D eigenvalue weighted by molar-refractivity contribution is 8.00. The summed E-state index contributed by atoms with van der Waals surface area (Å²) in [7, 11) is 0. The monoisotopic (exact) mass is 174 g/mol. The van der Waals surface area contributed by atoms with Gasteiger partial charge < -0.3 is 5.11 Å². The van der Waals surface area contributed by atoms with E-state index in [1.165, 1.54) is 6.42 Å². The fourth-order valence-corrected chi connectivity index (χ4v) is 3.08. The molecule has 1 N–H and O–H groups in total. The molecule has 1 heterocycles. The maximum Gasteiger partial charge on any atom is 0.0586 e. The molecule has 0 aromatic carbocycles.